The average molecular weight is 459 g/mol. The summed E-state index contributed by atoms with van der Waals surface area (Å²) in [5, 5.41) is 0. The van der Waals surface area contributed by atoms with E-state index in [2.05, 4.69) is 41.5 Å². The molecule has 0 N–H and O–H groups in total. The van der Waals surface area contributed by atoms with Gasteiger partial charge in [0.05, 0.1) is 6.10 Å². The van der Waals surface area contributed by atoms with E-state index in [0.717, 1.165) is 48.3 Å². The Hall–Kier alpha value is -0.570. The van der Waals surface area contributed by atoms with E-state index in [4.69, 9.17) is 9.47 Å². The van der Waals surface area contributed by atoms with Gasteiger partial charge in [-0.1, -0.05) is 54.4 Å². The van der Waals surface area contributed by atoms with Crippen molar-refractivity contribution in [3.8, 4) is 0 Å². The van der Waals surface area contributed by atoms with Gasteiger partial charge in [-0.3, -0.25) is 4.79 Å². The van der Waals surface area contributed by atoms with Crippen molar-refractivity contribution in [2.75, 3.05) is 0 Å². The van der Waals surface area contributed by atoms with Crippen molar-refractivity contribution in [1.82, 2.24) is 0 Å². The Bertz CT molecular complexity index is 762. The van der Waals surface area contributed by atoms with E-state index < -0.39 is 0 Å². The molecule has 0 aromatic carbocycles. The first-order valence-electron chi connectivity index (χ1n) is 14.4. The summed E-state index contributed by atoms with van der Waals surface area (Å²) in [5.41, 5.74) is 0.870. The van der Waals surface area contributed by atoms with Crippen LogP contribution >= 0.6 is 0 Å². The Morgan fingerprint density at radius 2 is 1.73 bits per heavy atom. The lowest BCUT2D eigenvalue weighted by atomic mass is 9.44. The van der Waals surface area contributed by atoms with Crippen molar-refractivity contribution in [3.05, 3.63) is 0 Å². The van der Waals surface area contributed by atoms with Crippen molar-refractivity contribution in [2.24, 2.45) is 52.3 Å². The van der Waals surface area contributed by atoms with Crippen LogP contribution in [0.15, 0.2) is 0 Å². The second-order valence-electron chi connectivity index (χ2n) is 14.0. The monoisotopic (exact) mass is 458 g/mol. The summed E-state index contributed by atoms with van der Waals surface area (Å²) in [4.78, 5) is 11.6. The van der Waals surface area contributed by atoms with Crippen LogP contribution in [0.2, 0.25) is 0 Å². The first-order valence-corrected chi connectivity index (χ1v) is 14.4. The molecule has 5 fully saturated rings. The van der Waals surface area contributed by atoms with Gasteiger partial charge < -0.3 is 9.47 Å². The summed E-state index contributed by atoms with van der Waals surface area (Å²) < 4.78 is 12.6. The van der Waals surface area contributed by atoms with Gasteiger partial charge in [-0.25, -0.2) is 0 Å². The van der Waals surface area contributed by atoms with Crippen LogP contribution in [-0.4, -0.2) is 23.8 Å². The van der Waals surface area contributed by atoms with Gasteiger partial charge in [0, 0.05) is 12.3 Å². The van der Waals surface area contributed by atoms with Crippen molar-refractivity contribution >= 4 is 5.97 Å². The van der Waals surface area contributed by atoms with E-state index in [1.54, 1.807) is 6.92 Å². The maximum absolute atomic E-state index is 11.6. The number of hydrogen-bond acceptors (Lipinski definition) is 3. The summed E-state index contributed by atoms with van der Waals surface area (Å²) in [6, 6.07) is 0. The average Bonchev–Trinajstić information content (AvgIpc) is 3.36. The van der Waals surface area contributed by atoms with E-state index in [0.29, 0.717) is 17.4 Å². The molecule has 4 aliphatic carbocycles. The van der Waals surface area contributed by atoms with Gasteiger partial charge in [0.1, 0.15) is 11.7 Å². The fraction of sp³-hybridized carbons (Fsp3) is 0.967. The molecule has 188 valence electrons. The Balaban J connectivity index is 1.31. The van der Waals surface area contributed by atoms with Gasteiger partial charge in [-0.2, -0.15) is 0 Å². The highest BCUT2D eigenvalue weighted by Gasteiger charge is 2.79. The van der Waals surface area contributed by atoms with Crippen LogP contribution in [0, 0.1) is 52.3 Å². The van der Waals surface area contributed by atoms with Gasteiger partial charge >= 0.3 is 5.97 Å². The number of carbonyl (C=O) groups is 1. The SMILES string of the molecule is CC(=O)OC1CCC2(C)[C@@H](CCC3C4CCC([C@H](C)CC[C@H](C)C(C)C)C4(C)C[C@H]4O[C@@]342)C1. The van der Waals surface area contributed by atoms with Crippen LogP contribution in [-0.2, 0) is 14.3 Å². The van der Waals surface area contributed by atoms with Crippen molar-refractivity contribution < 1.29 is 14.3 Å². The maximum atomic E-state index is 11.6. The topological polar surface area (TPSA) is 38.8 Å². The lowest BCUT2D eigenvalue weighted by molar-refractivity contribution is -0.159. The second kappa shape index (κ2) is 8.24. The summed E-state index contributed by atoms with van der Waals surface area (Å²) in [7, 11) is 0. The van der Waals surface area contributed by atoms with Crippen molar-refractivity contribution in [1.29, 1.82) is 0 Å². The zero-order chi connectivity index (χ0) is 23.8. The third-order valence-electron chi connectivity index (χ3n) is 12.3. The third kappa shape index (κ3) is 3.56. The molecule has 6 unspecified atom stereocenters. The Morgan fingerprint density at radius 1 is 1.00 bits per heavy atom. The van der Waals surface area contributed by atoms with Crippen LogP contribution in [0.5, 0.6) is 0 Å². The molecule has 1 heterocycles. The number of ether oxygens (including phenoxy) is 2. The van der Waals surface area contributed by atoms with Crippen LogP contribution < -0.4 is 0 Å². The second-order valence-corrected chi connectivity index (χ2v) is 14.0. The summed E-state index contributed by atoms with van der Waals surface area (Å²) in [5.74, 6) is 5.46. The molecule has 5 rings (SSSR count). The fourth-order valence-corrected chi connectivity index (χ4v) is 10.0. The lowest BCUT2D eigenvalue weighted by Gasteiger charge is -2.59. The predicted molar refractivity (Wildman–Crippen MR) is 133 cm³/mol. The fourth-order valence-electron chi connectivity index (χ4n) is 10.0. The molecule has 1 spiro atoms. The van der Waals surface area contributed by atoms with Crippen molar-refractivity contribution in [2.45, 2.75) is 130 Å². The number of fused-ring (bicyclic) bond motifs is 3. The van der Waals surface area contributed by atoms with Crippen LogP contribution in [0.3, 0.4) is 0 Å². The van der Waals surface area contributed by atoms with Crippen LogP contribution in [0.25, 0.3) is 0 Å². The van der Waals surface area contributed by atoms with E-state index in [1.807, 2.05) is 0 Å². The molecule has 11 atom stereocenters. The molecule has 0 aromatic rings. The minimum absolute atomic E-state index is 0.113. The van der Waals surface area contributed by atoms with E-state index in [-0.39, 0.29) is 23.1 Å². The van der Waals surface area contributed by atoms with Gasteiger partial charge in [0.2, 0.25) is 0 Å². The first-order chi connectivity index (χ1) is 15.5. The zero-order valence-electron chi connectivity index (χ0n) is 22.5. The Morgan fingerprint density at radius 3 is 2.42 bits per heavy atom. The largest absolute Gasteiger partial charge is 0.463 e. The first kappa shape index (κ1) is 24.1. The maximum Gasteiger partial charge on any atom is 0.302 e. The molecule has 0 amide bonds. The standard InChI is InChI=1S/C30H50O3/c1-18(2)19(3)8-9-20(4)24-12-13-25-26-11-10-22-16-23(32-21(5)31)14-15-29(22,7)30(26)27(33-30)17-28(24,25)6/h18-20,22-27H,8-17H2,1-7H3/t19-,20+,22-,23?,24?,25?,26?,27+,28?,29?,30-/m0/s1. The summed E-state index contributed by atoms with van der Waals surface area (Å²) in [6.07, 6.45) is 13.4. The predicted octanol–water partition coefficient (Wildman–Crippen LogP) is 7.42. The van der Waals surface area contributed by atoms with Crippen LogP contribution in [0.1, 0.15) is 113 Å². The number of rotatable bonds is 6. The highest BCUT2D eigenvalue weighted by atomic mass is 16.6. The molecule has 3 heteroatoms. The van der Waals surface area contributed by atoms with Gasteiger partial charge in [-0.15, -0.1) is 0 Å². The van der Waals surface area contributed by atoms with E-state index in [1.165, 1.54) is 51.4 Å². The highest BCUT2D eigenvalue weighted by molar-refractivity contribution is 5.66. The van der Waals surface area contributed by atoms with Gasteiger partial charge in [0.15, 0.2) is 0 Å². The summed E-state index contributed by atoms with van der Waals surface area (Å²) in [6.45, 7) is 16.5. The summed E-state index contributed by atoms with van der Waals surface area (Å²) >= 11 is 0. The Kier molecular flexibility index (Phi) is 6.03. The molecule has 4 saturated carbocycles. The zero-order valence-corrected chi connectivity index (χ0v) is 22.5. The molecule has 5 aliphatic rings. The van der Waals surface area contributed by atoms with Crippen LogP contribution in [0.4, 0.5) is 0 Å². The molecular formula is C30H50O3. The molecular weight excluding hydrogens is 408 g/mol. The quantitative estimate of drug-likeness (QED) is 0.307. The normalized spacial score (nSPS) is 49.9. The number of hydrogen-bond donors (Lipinski definition) is 0. The smallest absolute Gasteiger partial charge is 0.302 e. The minimum Gasteiger partial charge on any atom is -0.463 e. The van der Waals surface area contributed by atoms with Crippen molar-refractivity contribution in [3.63, 3.8) is 0 Å². The molecule has 0 aromatic heterocycles. The lowest BCUT2D eigenvalue weighted by Crippen LogP contribution is -2.60. The van der Waals surface area contributed by atoms with E-state index in [9.17, 15) is 4.79 Å². The number of epoxide rings is 1. The molecule has 0 radical (unpaired) electrons. The van der Waals surface area contributed by atoms with Gasteiger partial charge in [-0.05, 0) is 98.2 Å². The Labute approximate surface area is 203 Å². The van der Waals surface area contributed by atoms with Gasteiger partial charge in [0.25, 0.3) is 0 Å². The molecule has 3 nitrogen and oxygen atoms in total. The van der Waals surface area contributed by atoms with E-state index >= 15 is 0 Å². The molecule has 0 bridgehead atoms. The highest BCUT2D eigenvalue weighted by Crippen LogP contribution is 2.77. The molecule has 1 aliphatic heterocycles. The minimum atomic E-state index is -0.113. The third-order valence-corrected chi connectivity index (χ3v) is 12.3. The number of carbonyl (C=O) groups excluding carboxylic acids is 1. The number of esters is 1. The molecule has 1 saturated heterocycles. The molecule has 33 heavy (non-hydrogen) atoms.